The Bertz CT molecular complexity index is 3300. The molecule has 394 valence electrons. The van der Waals surface area contributed by atoms with Crippen LogP contribution in [-0.4, -0.2) is 47.9 Å². The molecule has 0 bridgehead atoms. The van der Waals surface area contributed by atoms with Gasteiger partial charge >= 0.3 is 24.0 Å². The van der Waals surface area contributed by atoms with Crippen molar-refractivity contribution in [1.82, 2.24) is 0 Å². The molecule has 76 heavy (non-hydrogen) atoms. The number of alkyl halides is 3. The average molecular weight is 1030 g/mol. The van der Waals surface area contributed by atoms with Gasteiger partial charge in [-0.25, -0.2) is 9.59 Å². The third-order valence-electron chi connectivity index (χ3n) is 12.2. The second-order valence-corrected chi connectivity index (χ2v) is 20.5. The minimum atomic E-state index is -5.13. The van der Waals surface area contributed by atoms with Crippen molar-refractivity contribution in [3.8, 4) is 11.5 Å². The molecule has 8 aromatic rings. The number of anilines is 4. The number of esters is 1. The van der Waals surface area contributed by atoms with Crippen LogP contribution in [0.2, 0.25) is 0 Å². The summed E-state index contributed by atoms with van der Waals surface area (Å²) in [7, 11) is 0. The molecule has 0 aliphatic carbocycles. The second-order valence-electron chi connectivity index (χ2n) is 20.5. The summed E-state index contributed by atoms with van der Waals surface area (Å²) in [6.45, 7) is 13.2. The standard InChI is InChI=1S/C33H37NO3.C31H28F3NO4/c1-23(2)19-26-12-7-9-16-30(26)34-28-17-18-31(36-22-32(35)37-33(3,4)5)27(21-28)20-25-14-10-13-24-11-6-8-15-29(24)25;1-20(2)16-23-9-4-6-13-27(23)35(30(38)31(32,33)34)25-14-15-28(39-19-29(36)37)24(18-25)17-22-11-7-10-21-8-3-5-12-26(21)22/h6-18,21,23,34H,19-20,22H2,1-5H3;3-15,18,20H,16-17,19H2,1-2H3,(H,36,37). The summed E-state index contributed by atoms with van der Waals surface area (Å²) in [6.07, 6.45) is -2.73. The van der Waals surface area contributed by atoms with Crippen molar-refractivity contribution in [3.63, 3.8) is 0 Å². The molecule has 0 unspecified atom stereocenters. The molecule has 0 radical (unpaired) electrons. The van der Waals surface area contributed by atoms with Crippen molar-refractivity contribution in [2.45, 2.75) is 85.9 Å². The molecule has 0 heterocycles. The fourth-order valence-corrected chi connectivity index (χ4v) is 9.12. The van der Waals surface area contributed by atoms with Crippen LogP contribution in [0.4, 0.5) is 35.9 Å². The molecule has 1 amide bonds. The van der Waals surface area contributed by atoms with Gasteiger partial charge in [-0.15, -0.1) is 0 Å². The van der Waals surface area contributed by atoms with Gasteiger partial charge in [-0.05, 0) is 138 Å². The van der Waals surface area contributed by atoms with Gasteiger partial charge in [-0.1, -0.05) is 149 Å². The molecule has 12 heteroatoms. The highest BCUT2D eigenvalue weighted by atomic mass is 19.4. The summed E-state index contributed by atoms with van der Waals surface area (Å²) in [5.74, 6) is -1.99. The topological polar surface area (TPSA) is 114 Å². The predicted molar refractivity (Wildman–Crippen MR) is 297 cm³/mol. The second kappa shape index (κ2) is 24.9. The molecule has 0 aliphatic rings. The molecule has 0 saturated heterocycles. The van der Waals surface area contributed by atoms with Crippen molar-refractivity contribution in [2.24, 2.45) is 11.8 Å². The number of aliphatic carboxylic acids is 1. The summed E-state index contributed by atoms with van der Waals surface area (Å²) in [4.78, 5) is 37.1. The number of carbonyl (C=O) groups is 3. The van der Waals surface area contributed by atoms with Crippen molar-refractivity contribution < 1.29 is 46.9 Å². The third kappa shape index (κ3) is 15.2. The lowest BCUT2D eigenvalue weighted by atomic mass is 9.97. The minimum Gasteiger partial charge on any atom is -0.482 e. The first kappa shape index (κ1) is 55.6. The number of hydrogen-bond acceptors (Lipinski definition) is 7. The van der Waals surface area contributed by atoms with E-state index in [-0.39, 0.29) is 42.0 Å². The minimum absolute atomic E-state index is 0.00597. The van der Waals surface area contributed by atoms with Crippen LogP contribution in [0.25, 0.3) is 21.5 Å². The Morgan fingerprint density at radius 3 is 1.62 bits per heavy atom. The Labute approximate surface area is 443 Å². The van der Waals surface area contributed by atoms with Crippen LogP contribution in [0.5, 0.6) is 11.5 Å². The lowest BCUT2D eigenvalue weighted by Gasteiger charge is -2.27. The van der Waals surface area contributed by atoms with Crippen LogP contribution in [0.1, 0.15) is 81.8 Å². The highest BCUT2D eigenvalue weighted by molar-refractivity contribution is 6.04. The highest BCUT2D eigenvalue weighted by Crippen LogP contribution is 2.38. The predicted octanol–water partition coefficient (Wildman–Crippen LogP) is 15.4. The summed E-state index contributed by atoms with van der Waals surface area (Å²) in [6, 6.07) is 53.4. The van der Waals surface area contributed by atoms with Gasteiger partial charge in [0.1, 0.15) is 17.1 Å². The lowest BCUT2D eigenvalue weighted by Crippen LogP contribution is -2.38. The van der Waals surface area contributed by atoms with Crippen LogP contribution in [0, 0.1) is 11.8 Å². The van der Waals surface area contributed by atoms with Crippen LogP contribution in [-0.2, 0) is 44.8 Å². The van der Waals surface area contributed by atoms with Crippen LogP contribution in [0.15, 0.2) is 170 Å². The molecule has 0 atom stereocenters. The van der Waals surface area contributed by atoms with E-state index >= 15 is 0 Å². The molecule has 0 saturated carbocycles. The Morgan fingerprint density at radius 1 is 0.553 bits per heavy atom. The zero-order chi connectivity index (χ0) is 54.6. The van der Waals surface area contributed by atoms with Crippen LogP contribution >= 0.6 is 0 Å². The number of fused-ring (bicyclic) bond motifs is 2. The monoisotopic (exact) mass is 1030 g/mol. The van der Waals surface area contributed by atoms with Gasteiger partial charge in [0.15, 0.2) is 13.2 Å². The number of carboxylic acid groups (broad SMARTS) is 1. The molecule has 0 spiro atoms. The average Bonchev–Trinajstić information content (AvgIpc) is 3.37. The number of rotatable bonds is 18. The van der Waals surface area contributed by atoms with E-state index in [0.29, 0.717) is 40.5 Å². The quantitative estimate of drug-likeness (QED) is 0.0817. The van der Waals surface area contributed by atoms with Gasteiger partial charge in [0.05, 0.1) is 5.69 Å². The molecule has 9 nitrogen and oxygen atoms in total. The lowest BCUT2D eigenvalue weighted by molar-refractivity contribution is -0.169. The van der Waals surface area contributed by atoms with E-state index in [2.05, 4.69) is 92.0 Å². The van der Waals surface area contributed by atoms with Gasteiger partial charge in [-0.3, -0.25) is 9.69 Å². The van der Waals surface area contributed by atoms with Crippen molar-refractivity contribution >= 4 is 62.1 Å². The van der Waals surface area contributed by atoms with Gasteiger partial charge in [0, 0.05) is 41.0 Å². The number of ether oxygens (including phenoxy) is 3. The first-order chi connectivity index (χ1) is 36.2. The van der Waals surface area contributed by atoms with Crippen molar-refractivity contribution in [3.05, 3.63) is 203 Å². The van der Waals surface area contributed by atoms with Gasteiger partial charge < -0.3 is 24.6 Å². The summed E-state index contributed by atoms with van der Waals surface area (Å²) in [5.41, 5.74) is 7.12. The number of carbonyl (C=O) groups excluding carboxylic acids is 2. The maximum Gasteiger partial charge on any atom is 0.472 e. The van der Waals surface area contributed by atoms with E-state index in [4.69, 9.17) is 19.3 Å². The number of para-hydroxylation sites is 2. The molecular formula is C64H65F3N2O7. The maximum atomic E-state index is 13.9. The Balaban J connectivity index is 0.000000221. The van der Waals surface area contributed by atoms with E-state index in [1.54, 1.807) is 18.2 Å². The van der Waals surface area contributed by atoms with Crippen LogP contribution in [0.3, 0.4) is 0 Å². The van der Waals surface area contributed by atoms with Gasteiger partial charge in [-0.2, -0.15) is 13.2 Å². The maximum absolute atomic E-state index is 13.9. The number of carboxylic acids is 1. The van der Waals surface area contributed by atoms with E-state index in [1.807, 2.05) is 89.2 Å². The van der Waals surface area contributed by atoms with Crippen LogP contribution < -0.4 is 19.7 Å². The largest absolute Gasteiger partial charge is 0.482 e. The Morgan fingerprint density at radius 2 is 1.04 bits per heavy atom. The fraction of sp³-hybridized carbons (Fsp3) is 0.266. The van der Waals surface area contributed by atoms with E-state index in [0.717, 1.165) is 39.7 Å². The molecule has 0 aromatic heterocycles. The molecular weight excluding hydrogens is 966 g/mol. The zero-order valence-corrected chi connectivity index (χ0v) is 44.0. The normalized spacial score (nSPS) is 11.5. The van der Waals surface area contributed by atoms with E-state index < -0.39 is 30.3 Å². The summed E-state index contributed by atoms with van der Waals surface area (Å²) in [5, 5.41) is 17.1. The number of nitrogens with one attached hydrogen (secondary N) is 1. The first-order valence-electron chi connectivity index (χ1n) is 25.4. The zero-order valence-electron chi connectivity index (χ0n) is 44.0. The molecule has 0 aliphatic heterocycles. The summed E-state index contributed by atoms with van der Waals surface area (Å²) < 4.78 is 58.6. The number of nitrogens with zero attached hydrogens (tertiary/aromatic N) is 1. The Kier molecular flexibility index (Phi) is 18.3. The molecule has 8 aromatic carbocycles. The number of benzene rings is 8. The van der Waals surface area contributed by atoms with E-state index in [9.17, 15) is 27.6 Å². The number of halogens is 3. The fourth-order valence-electron chi connectivity index (χ4n) is 9.12. The summed E-state index contributed by atoms with van der Waals surface area (Å²) >= 11 is 0. The highest BCUT2D eigenvalue weighted by Gasteiger charge is 2.44. The number of amides is 1. The van der Waals surface area contributed by atoms with Crippen molar-refractivity contribution in [2.75, 3.05) is 23.4 Å². The van der Waals surface area contributed by atoms with Gasteiger partial charge in [0.25, 0.3) is 0 Å². The first-order valence-corrected chi connectivity index (χ1v) is 25.4. The molecule has 0 fully saturated rings. The SMILES string of the molecule is CC(C)Cc1ccccc1N(C(=O)C(F)(F)F)c1ccc(OCC(=O)O)c(Cc2cccc3ccccc23)c1.CC(C)Cc1ccccc1Nc1ccc(OCC(=O)OC(C)(C)C)c(Cc2cccc3ccccc23)c1. The molecule has 2 N–H and O–H groups in total. The van der Waals surface area contributed by atoms with E-state index in [1.165, 1.54) is 46.2 Å². The van der Waals surface area contributed by atoms with Gasteiger partial charge in [0.2, 0.25) is 0 Å². The smallest absolute Gasteiger partial charge is 0.472 e. The molecule has 8 rings (SSSR count). The number of hydrogen-bond donors (Lipinski definition) is 2. The Hall–Kier alpha value is -8.12. The van der Waals surface area contributed by atoms with Crippen molar-refractivity contribution in [1.29, 1.82) is 0 Å². The third-order valence-corrected chi connectivity index (χ3v) is 12.2.